The molecule has 12 heavy (non-hydrogen) atoms. The third kappa shape index (κ3) is 1.11. The fourth-order valence-corrected chi connectivity index (χ4v) is 6.81. The van der Waals surface area contributed by atoms with Gasteiger partial charge in [0.1, 0.15) is 0 Å². The summed E-state index contributed by atoms with van der Waals surface area (Å²) in [7, 11) is -0.789. The smallest absolute Gasteiger partial charge is 0.0646 e. The van der Waals surface area contributed by atoms with Gasteiger partial charge < -0.3 is 0 Å². The van der Waals surface area contributed by atoms with Crippen LogP contribution in [0.2, 0.25) is 23.7 Å². The molecular weight excluding hydrogens is 160 g/mol. The maximum Gasteiger partial charge on any atom is 0.0646 e. The van der Waals surface area contributed by atoms with Crippen LogP contribution >= 0.6 is 0 Å². The molecule has 0 spiro atoms. The average Bonchev–Trinajstić information content (AvgIpc) is 2.35. The first kappa shape index (κ1) is 8.30. The molecule has 1 aliphatic heterocycles. The lowest BCUT2D eigenvalue weighted by molar-refractivity contribution is 0.850. The highest BCUT2D eigenvalue weighted by Gasteiger charge is 2.43. The summed E-state index contributed by atoms with van der Waals surface area (Å²) in [5, 5.41) is 0. The van der Waals surface area contributed by atoms with Crippen LogP contribution < -0.4 is 0 Å². The number of rotatable bonds is 2. The highest BCUT2D eigenvalue weighted by atomic mass is 28.3. The van der Waals surface area contributed by atoms with E-state index in [0.29, 0.717) is 0 Å². The Balaban J connectivity index is 2.14. The van der Waals surface area contributed by atoms with Crippen molar-refractivity contribution in [3.63, 3.8) is 0 Å². The Morgan fingerprint density at radius 1 is 1.50 bits per heavy atom. The van der Waals surface area contributed by atoms with Crippen molar-refractivity contribution in [2.75, 3.05) is 0 Å². The van der Waals surface area contributed by atoms with Gasteiger partial charge in [0.25, 0.3) is 0 Å². The Morgan fingerprint density at radius 3 is 2.58 bits per heavy atom. The fourth-order valence-electron chi connectivity index (χ4n) is 2.58. The van der Waals surface area contributed by atoms with Crippen molar-refractivity contribution in [1.82, 2.24) is 0 Å². The number of allylic oxidation sites excluding steroid dienone is 4. The topological polar surface area (TPSA) is 0 Å². The quantitative estimate of drug-likeness (QED) is 0.565. The van der Waals surface area contributed by atoms with Crippen LogP contribution in [0.5, 0.6) is 0 Å². The van der Waals surface area contributed by atoms with E-state index in [1.54, 1.807) is 12.1 Å². The maximum absolute atomic E-state index is 2.51. The lowest BCUT2D eigenvalue weighted by Gasteiger charge is -2.43. The first-order valence-corrected chi connectivity index (χ1v) is 7.83. The van der Waals surface area contributed by atoms with E-state index in [2.05, 4.69) is 32.1 Å². The Morgan fingerprint density at radius 2 is 2.25 bits per heavy atom. The molecule has 0 saturated carbocycles. The van der Waals surface area contributed by atoms with Crippen molar-refractivity contribution in [3.05, 3.63) is 23.8 Å². The van der Waals surface area contributed by atoms with Crippen LogP contribution in [0.1, 0.15) is 20.3 Å². The van der Waals surface area contributed by atoms with E-state index in [1.165, 1.54) is 18.0 Å². The van der Waals surface area contributed by atoms with Crippen LogP contribution in [-0.2, 0) is 0 Å². The monoisotopic (exact) mass is 178 g/mol. The summed E-state index contributed by atoms with van der Waals surface area (Å²) in [5.74, 6) is 0. The fraction of sp³-hybridized carbons (Fsp3) is 0.636. The van der Waals surface area contributed by atoms with E-state index in [-0.39, 0.29) is 0 Å². The molecule has 1 fully saturated rings. The van der Waals surface area contributed by atoms with E-state index in [9.17, 15) is 0 Å². The number of hydrogen-bond donors (Lipinski definition) is 0. The number of hydrogen-bond acceptors (Lipinski definition) is 0. The Kier molecular flexibility index (Phi) is 1.99. The van der Waals surface area contributed by atoms with Crippen molar-refractivity contribution < 1.29 is 0 Å². The molecule has 1 heterocycles. The highest BCUT2D eigenvalue weighted by Crippen LogP contribution is 2.47. The molecule has 2 aliphatic rings. The van der Waals surface area contributed by atoms with E-state index in [1.807, 2.05) is 0 Å². The van der Waals surface area contributed by atoms with E-state index >= 15 is 0 Å². The van der Waals surface area contributed by atoms with Crippen molar-refractivity contribution in [1.29, 1.82) is 0 Å². The van der Waals surface area contributed by atoms with Gasteiger partial charge in [-0.25, -0.2) is 0 Å². The summed E-state index contributed by atoms with van der Waals surface area (Å²) in [4.78, 5) is 0. The second-order valence-corrected chi connectivity index (χ2v) is 9.46. The minimum absolute atomic E-state index is 0.789. The molecule has 1 atom stereocenters. The summed E-state index contributed by atoms with van der Waals surface area (Å²) in [6.07, 6.45) is 8.80. The molecule has 0 N–H and O–H groups in total. The van der Waals surface area contributed by atoms with Crippen LogP contribution in [0.3, 0.4) is 0 Å². The first-order chi connectivity index (χ1) is 5.77. The minimum Gasteiger partial charge on any atom is -0.0801 e. The third-order valence-electron chi connectivity index (χ3n) is 3.77. The van der Waals surface area contributed by atoms with Gasteiger partial charge in [0.15, 0.2) is 0 Å². The molecule has 1 unspecified atom stereocenters. The van der Waals surface area contributed by atoms with Crippen molar-refractivity contribution >= 4 is 8.07 Å². The highest BCUT2D eigenvalue weighted by molar-refractivity contribution is 6.84. The minimum atomic E-state index is -0.789. The summed E-state index contributed by atoms with van der Waals surface area (Å²) in [5.41, 5.74) is 2.39. The van der Waals surface area contributed by atoms with Crippen molar-refractivity contribution in [3.8, 4) is 0 Å². The molecule has 2 rings (SSSR count). The summed E-state index contributed by atoms with van der Waals surface area (Å²) in [6.45, 7) is 4.63. The molecule has 0 aromatic carbocycles. The normalized spacial score (nSPS) is 31.5. The van der Waals surface area contributed by atoms with Gasteiger partial charge in [0.2, 0.25) is 0 Å². The van der Waals surface area contributed by atoms with E-state index in [4.69, 9.17) is 0 Å². The van der Waals surface area contributed by atoms with Crippen LogP contribution in [-0.4, -0.2) is 8.07 Å². The van der Waals surface area contributed by atoms with Crippen LogP contribution in [0.15, 0.2) is 23.8 Å². The average molecular weight is 178 g/mol. The molecule has 0 aromatic heterocycles. The van der Waals surface area contributed by atoms with Gasteiger partial charge in [-0.05, 0) is 12.5 Å². The van der Waals surface area contributed by atoms with Gasteiger partial charge in [-0.2, -0.15) is 0 Å². The van der Waals surface area contributed by atoms with Crippen LogP contribution in [0.4, 0.5) is 0 Å². The standard InChI is InChI=1S/C11H18Si/c1-3-12(7-4-8-12)11-6-5-10(2)9-11/h5-6,9,11H,3-4,7-8H2,1-2H3. The molecule has 0 bridgehead atoms. The van der Waals surface area contributed by atoms with Gasteiger partial charge in [-0.1, -0.05) is 55.3 Å². The van der Waals surface area contributed by atoms with Crippen LogP contribution in [0, 0.1) is 0 Å². The third-order valence-corrected chi connectivity index (χ3v) is 9.65. The zero-order chi connectivity index (χ0) is 8.60. The molecule has 0 nitrogen and oxygen atoms in total. The van der Waals surface area contributed by atoms with Gasteiger partial charge in [0.05, 0.1) is 8.07 Å². The lowest BCUT2D eigenvalue weighted by Crippen LogP contribution is -2.43. The van der Waals surface area contributed by atoms with Gasteiger partial charge in [0, 0.05) is 0 Å². The SMILES string of the molecule is CC[Si]1(C2C=CC(C)=C2)CCC1. The van der Waals surface area contributed by atoms with Gasteiger partial charge in [-0.3, -0.25) is 0 Å². The zero-order valence-corrected chi connectivity index (χ0v) is 9.14. The summed E-state index contributed by atoms with van der Waals surface area (Å²) < 4.78 is 0. The van der Waals surface area contributed by atoms with Crippen molar-refractivity contribution in [2.24, 2.45) is 0 Å². The van der Waals surface area contributed by atoms with Gasteiger partial charge >= 0.3 is 0 Å². The van der Waals surface area contributed by atoms with Gasteiger partial charge in [-0.15, -0.1) is 0 Å². The molecular formula is C11H18Si. The summed E-state index contributed by atoms with van der Waals surface area (Å²) in [6, 6.07) is 4.66. The Labute approximate surface area is 76.4 Å². The molecule has 66 valence electrons. The molecule has 0 radical (unpaired) electrons. The predicted molar refractivity (Wildman–Crippen MR) is 57.1 cm³/mol. The molecule has 0 amide bonds. The molecule has 1 aliphatic carbocycles. The van der Waals surface area contributed by atoms with E-state index < -0.39 is 8.07 Å². The second kappa shape index (κ2) is 2.88. The lowest BCUT2D eigenvalue weighted by atomic mass is 10.3. The summed E-state index contributed by atoms with van der Waals surface area (Å²) >= 11 is 0. The molecule has 1 saturated heterocycles. The molecule has 0 aromatic rings. The Hall–Kier alpha value is -0.303. The largest absolute Gasteiger partial charge is 0.0801 e. The van der Waals surface area contributed by atoms with Crippen LogP contribution in [0.25, 0.3) is 0 Å². The maximum atomic E-state index is 2.51. The van der Waals surface area contributed by atoms with E-state index in [0.717, 1.165) is 5.54 Å². The first-order valence-electron chi connectivity index (χ1n) is 5.13. The predicted octanol–water partition coefficient (Wildman–Crippen LogP) is 3.75. The van der Waals surface area contributed by atoms with Crippen molar-refractivity contribution in [2.45, 2.75) is 43.9 Å². The molecule has 1 heteroatoms. The zero-order valence-electron chi connectivity index (χ0n) is 8.14. The second-order valence-electron chi connectivity index (χ2n) is 4.37. The Bertz CT molecular complexity index is 228.